The Balaban J connectivity index is 1.39. The highest BCUT2D eigenvalue weighted by atomic mass is 35.5. The van der Waals surface area contributed by atoms with E-state index in [1.165, 1.54) is 34.7 Å². The van der Waals surface area contributed by atoms with Crippen LogP contribution in [0.3, 0.4) is 0 Å². The van der Waals surface area contributed by atoms with E-state index in [0.717, 1.165) is 6.42 Å². The number of nitrogens with zero attached hydrogens (tertiary/aromatic N) is 4. The molecular weight excluding hydrogens is 491 g/mol. The Hall–Kier alpha value is -3.79. The second-order valence-corrected chi connectivity index (χ2v) is 9.64. The lowest BCUT2D eigenvalue weighted by molar-refractivity contribution is -0.157. The molecule has 9 nitrogen and oxygen atoms in total. The molecule has 2 aromatic carbocycles. The van der Waals surface area contributed by atoms with Gasteiger partial charge in [0.25, 0.3) is 5.91 Å². The molecule has 2 amide bonds. The molecule has 0 radical (unpaired) electrons. The molecule has 1 aromatic heterocycles. The number of carboxylic acids is 1. The smallest absolute Gasteiger partial charge is 0.335 e. The zero-order chi connectivity index (χ0) is 25.7. The van der Waals surface area contributed by atoms with Crippen molar-refractivity contribution >= 4 is 46.1 Å². The molecule has 1 saturated carbocycles. The molecule has 186 valence electrons. The van der Waals surface area contributed by atoms with Crippen molar-refractivity contribution in [3.8, 4) is 0 Å². The fourth-order valence-electron chi connectivity index (χ4n) is 4.97. The van der Waals surface area contributed by atoms with Crippen LogP contribution in [0.15, 0.2) is 42.5 Å². The lowest BCUT2D eigenvalue weighted by Crippen LogP contribution is -2.48. The zero-order valence-corrected chi connectivity index (χ0v) is 20.0. The number of halogens is 2. The van der Waals surface area contributed by atoms with E-state index in [2.05, 4.69) is 5.10 Å². The number of hydrogen-bond donors (Lipinski definition) is 1. The van der Waals surface area contributed by atoms with Crippen LogP contribution in [0.4, 0.5) is 4.48 Å². The fourth-order valence-corrected chi connectivity index (χ4v) is 5.18. The van der Waals surface area contributed by atoms with Gasteiger partial charge in [-0.25, -0.2) is 4.79 Å². The highest BCUT2D eigenvalue weighted by Crippen LogP contribution is 2.48. The van der Waals surface area contributed by atoms with Gasteiger partial charge in [0.1, 0.15) is 18.3 Å². The average molecular weight is 513 g/mol. The maximum Gasteiger partial charge on any atom is 0.335 e. The number of aromatic carboxylic acids is 1. The SMILES string of the molecule is CC(=O)c1nn(CC(=O)N2[C@@H]3C[C@@H]3C[C@H]2C(=O)N(F)Cc2cccc(Cl)c2)c2cc(C(=O)O)ccc12. The highest BCUT2D eigenvalue weighted by Gasteiger charge is 2.56. The first-order valence-corrected chi connectivity index (χ1v) is 11.8. The van der Waals surface area contributed by atoms with Gasteiger partial charge in [0.2, 0.25) is 5.91 Å². The minimum absolute atomic E-state index is 0.0169. The summed E-state index contributed by atoms with van der Waals surface area (Å²) in [5.41, 5.74) is 0.936. The summed E-state index contributed by atoms with van der Waals surface area (Å²) < 4.78 is 16.2. The number of rotatable bonds is 7. The molecule has 0 unspecified atom stereocenters. The summed E-state index contributed by atoms with van der Waals surface area (Å²) in [6.07, 6.45) is 1.10. The average Bonchev–Trinajstić information content (AvgIpc) is 3.34. The van der Waals surface area contributed by atoms with Gasteiger partial charge in [-0.2, -0.15) is 10.2 Å². The van der Waals surface area contributed by atoms with Crippen LogP contribution in [0.2, 0.25) is 5.02 Å². The van der Waals surface area contributed by atoms with E-state index in [4.69, 9.17) is 11.6 Å². The first-order chi connectivity index (χ1) is 17.1. The highest BCUT2D eigenvalue weighted by molar-refractivity contribution is 6.30. The van der Waals surface area contributed by atoms with Gasteiger partial charge in [0.05, 0.1) is 17.6 Å². The molecule has 1 aliphatic heterocycles. The molecule has 1 saturated heterocycles. The van der Waals surface area contributed by atoms with Gasteiger partial charge >= 0.3 is 5.97 Å². The van der Waals surface area contributed by atoms with Crippen LogP contribution in [0, 0.1) is 5.92 Å². The van der Waals surface area contributed by atoms with E-state index in [1.54, 1.807) is 24.3 Å². The van der Waals surface area contributed by atoms with Crippen LogP contribution < -0.4 is 0 Å². The molecule has 0 bridgehead atoms. The van der Waals surface area contributed by atoms with Gasteiger partial charge in [0, 0.05) is 23.4 Å². The molecule has 2 fully saturated rings. The number of hydrogen-bond acceptors (Lipinski definition) is 5. The second-order valence-electron chi connectivity index (χ2n) is 9.20. The number of Topliss-reactive ketones (excluding diaryl/α,β-unsaturated/α-hetero) is 1. The fraction of sp³-hybridized carbons (Fsp3) is 0.320. The third-order valence-corrected chi connectivity index (χ3v) is 6.98. The monoisotopic (exact) mass is 512 g/mol. The predicted octanol–water partition coefficient (Wildman–Crippen LogP) is 3.49. The van der Waals surface area contributed by atoms with Crippen molar-refractivity contribution in [2.24, 2.45) is 5.92 Å². The van der Waals surface area contributed by atoms with Gasteiger partial charge in [-0.05, 0) is 54.7 Å². The van der Waals surface area contributed by atoms with Gasteiger partial charge < -0.3 is 10.0 Å². The molecule has 2 aliphatic rings. The lowest BCUT2D eigenvalue weighted by atomic mass is 10.1. The summed E-state index contributed by atoms with van der Waals surface area (Å²) in [4.78, 5) is 51.3. The van der Waals surface area contributed by atoms with Crippen molar-refractivity contribution in [2.75, 3.05) is 0 Å². The summed E-state index contributed by atoms with van der Waals surface area (Å²) in [6, 6.07) is 9.63. The number of fused-ring (bicyclic) bond motifs is 2. The van der Waals surface area contributed by atoms with Crippen molar-refractivity contribution < 1.29 is 28.8 Å². The minimum Gasteiger partial charge on any atom is -0.478 e. The van der Waals surface area contributed by atoms with E-state index in [9.17, 15) is 28.8 Å². The van der Waals surface area contributed by atoms with Gasteiger partial charge in [-0.3, -0.25) is 19.1 Å². The van der Waals surface area contributed by atoms with Crippen LogP contribution in [-0.2, 0) is 22.7 Å². The normalized spacial score (nSPS) is 20.3. The predicted molar refractivity (Wildman–Crippen MR) is 127 cm³/mol. The van der Waals surface area contributed by atoms with Crippen LogP contribution in [0.5, 0.6) is 0 Å². The van der Waals surface area contributed by atoms with Crippen molar-refractivity contribution in [1.29, 1.82) is 0 Å². The molecule has 3 atom stereocenters. The number of piperidine rings is 1. The van der Waals surface area contributed by atoms with Crippen molar-refractivity contribution in [1.82, 2.24) is 19.8 Å². The van der Waals surface area contributed by atoms with E-state index in [-0.39, 0.29) is 47.2 Å². The number of ketones is 1. The van der Waals surface area contributed by atoms with E-state index < -0.39 is 23.8 Å². The van der Waals surface area contributed by atoms with Crippen LogP contribution in [0.1, 0.15) is 46.2 Å². The summed E-state index contributed by atoms with van der Waals surface area (Å²) >= 11 is 5.95. The first-order valence-electron chi connectivity index (χ1n) is 11.4. The van der Waals surface area contributed by atoms with Crippen molar-refractivity contribution in [3.63, 3.8) is 0 Å². The number of likely N-dealkylation sites (tertiary alicyclic amines) is 1. The van der Waals surface area contributed by atoms with Crippen LogP contribution in [-0.4, -0.2) is 60.6 Å². The Morgan fingerprint density at radius 1 is 1.17 bits per heavy atom. The first kappa shape index (κ1) is 23.9. The largest absolute Gasteiger partial charge is 0.478 e. The Morgan fingerprint density at radius 3 is 2.64 bits per heavy atom. The molecule has 0 spiro atoms. The lowest BCUT2D eigenvalue weighted by Gasteiger charge is -2.28. The van der Waals surface area contributed by atoms with Gasteiger partial charge in [-0.15, -0.1) is 0 Å². The molecular formula is C25H22ClFN4O5. The molecule has 1 aliphatic carbocycles. The van der Waals surface area contributed by atoms with Gasteiger partial charge in [-0.1, -0.05) is 28.2 Å². The Morgan fingerprint density at radius 2 is 1.94 bits per heavy atom. The van der Waals surface area contributed by atoms with E-state index in [0.29, 0.717) is 27.9 Å². The maximum absolute atomic E-state index is 14.9. The van der Waals surface area contributed by atoms with Crippen LogP contribution >= 0.6 is 11.6 Å². The number of carbonyl (C=O) groups excluding carboxylic acids is 3. The Bertz CT molecular complexity index is 1420. The molecule has 11 heteroatoms. The van der Waals surface area contributed by atoms with E-state index in [1.807, 2.05) is 0 Å². The third-order valence-electron chi connectivity index (χ3n) is 6.74. The maximum atomic E-state index is 14.9. The van der Waals surface area contributed by atoms with Crippen molar-refractivity contribution in [2.45, 2.75) is 44.9 Å². The Kier molecular flexibility index (Phi) is 5.99. The number of benzene rings is 2. The molecule has 3 aromatic rings. The number of carboxylic acid groups (broad SMARTS) is 1. The molecule has 5 rings (SSSR count). The van der Waals surface area contributed by atoms with Gasteiger partial charge in [0.15, 0.2) is 5.78 Å². The van der Waals surface area contributed by atoms with Crippen molar-refractivity contribution in [3.05, 3.63) is 64.3 Å². The summed E-state index contributed by atoms with van der Waals surface area (Å²) in [5, 5.41) is 14.6. The molecule has 36 heavy (non-hydrogen) atoms. The zero-order valence-electron chi connectivity index (χ0n) is 19.2. The topological polar surface area (TPSA) is 113 Å². The minimum atomic E-state index is -1.16. The second kappa shape index (κ2) is 9.02. The number of carbonyl (C=O) groups is 4. The number of amides is 2. The third kappa shape index (κ3) is 4.32. The van der Waals surface area contributed by atoms with Crippen LogP contribution in [0.25, 0.3) is 10.9 Å². The standard InChI is InChI=1S/C25H22ClFN4O5/c1-13(32)23-18-6-5-15(25(35)36)8-20(18)30(28-23)12-22(33)31-19-9-16(19)10-21(31)24(34)29(27)11-14-3-2-4-17(26)7-14/h2-8,16,19,21H,9-12H2,1H3,(H,35,36)/t16-,19-,21+/m1/s1. The van der Waals surface area contributed by atoms with E-state index >= 15 is 0 Å². The molecule has 1 N–H and O–H groups in total. The summed E-state index contributed by atoms with van der Waals surface area (Å²) in [6.45, 7) is 0.718. The quantitative estimate of drug-likeness (QED) is 0.383. The summed E-state index contributed by atoms with van der Waals surface area (Å²) in [5.74, 6) is -2.62. The summed E-state index contributed by atoms with van der Waals surface area (Å²) in [7, 11) is 0. The Labute approximate surface area is 210 Å². The number of aromatic nitrogens is 2. The molecule has 2 heterocycles.